The van der Waals surface area contributed by atoms with Crippen molar-refractivity contribution in [3.05, 3.63) is 23.4 Å². The lowest BCUT2D eigenvalue weighted by Crippen LogP contribution is -2.55. The number of pyridine rings is 1. The number of nitrogens with two attached hydrogens (primary N) is 2. The van der Waals surface area contributed by atoms with E-state index in [2.05, 4.69) is 10.3 Å². The number of amides is 2. The van der Waals surface area contributed by atoms with E-state index in [1.54, 1.807) is 6.07 Å². The molecule has 1 aromatic heterocycles. The summed E-state index contributed by atoms with van der Waals surface area (Å²) in [5, 5.41) is 2.90. The maximum atomic E-state index is 12.4. The molecular formula is C16H25N5O2. The Bertz CT molecular complexity index is 590. The number of anilines is 1. The molecule has 0 aliphatic carbocycles. The zero-order valence-electron chi connectivity index (χ0n) is 13.7. The van der Waals surface area contributed by atoms with Crippen molar-refractivity contribution in [2.75, 3.05) is 12.3 Å². The van der Waals surface area contributed by atoms with E-state index in [0.717, 1.165) is 24.1 Å². The van der Waals surface area contributed by atoms with Gasteiger partial charge >= 0.3 is 0 Å². The van der Waals surface area contributed by atoms with E-state index < -0.39 is 6.04 Å². The molecular weight excluding hydrogens is 294 g/mol. The van der Waals surface area contributed by atoms with Crippen molar-refractivity contribution in [1.82, 2.24) is 15.2 Å². The molecule has 2 heterocycles. The van der Waals surface area contributed by atoms with Crippen LogP contribution in [0.2, 0.25) is 0 Å². The number of aromatic nitrogens is 1. The first kappa shape index (κ1) is 17.2. The van der Waals surface area contributed by atoms with Gasteiger partial charge in [0.05, 0.1) is 12.1 Å². The van der Waals surface area contributed by atoms with E-state index in [0.29, 0.717) is 25.3 Å². The van der Waals surface area contributed by atoms with Gasteiger partial charge < -0.3 is 16.8 Å². The standard InChI is InChI=1S/C16H25N5O2/c1-10-12(6-7-14(17)20-10)9-19-16(23)11(2)21-8-4-3-5-13(21)15(18)22/h6-7,11,13H,3-5,8-9H2,1-2H3,(H2,17,20)(H2,18,22)(H,19,23)/t11-,13?/m0/s1. The zero-order valence-corrected chi connectivity index (χ0v) is 13.7. The molecule has 1 unspecified atom stereocenters. The highest BCUT2D eigenvalue weighted by atomic mass is 16.2. The molecule has 7 nitrogen and oxygen atoms in total. The number of nitrogens with one attached hydrogen (secondary N) is 1. The molecule has 1 aliphatic heterocycles. The van der Waals surface area contributed by atoms with Crippen molar-refractivity contribution in [3.8, 4) is 0 Å². The van der Waals surface area contributed by atoms with Crippen molar-refractivity contribution < 1.29 is 9.59 Å². The lowest BCUT2D eigenvalue weighted by Gasteiger charge is -2.37. The van der Waals surface area contributed by atoms with Gasteiger partial charge in [0.15, 0.2) is 0 Å². The van der Waals surface area contributed by atoms with Crippen LogP contribution < -0.4 is 16.8 Å². The highest BCUT2D eigenvalue weighted by Crippen LogP contribution is 2.19. The molecule has 0 radical (unpaired) electrons. The van der Waals surface area contributed by atoms with Crippen LogP contribution in [-0.4, -0.2) is 40.3 Å². The average molecular weight is 319 g/mol. The molecule has 23 heavy (non-hydrogen) atoms. The Labute approximate surface area is 136 Å². The Morgan fingerprint density at radius 1 is 1.43 bits per heavy atom. The molecule has 1 aromatic rings. The molecule has 2 rings (SSSR count). The summed E-state index contributed by atoms with van der Waals surface area (Å²) in [6.07, 6.45) is 2.66. The van der Waals surface area contributed by atoms with E-state index in [4.69, 9.17) is 11.5 Å². The van der Waals surface area contributed by atoms with E-state index in [9.17, 15) is 9.59 Å². The molecule has 0 bridgehead atoms. The molecule has 0 spiro atoms. The largest absolute Gasteiger partial charge is 0.384 e. The summed E-state index contributed by atoms with van der Waals surface area (Å²) in [5.41, 5.74) is 12.8. The summed E-state index contributed by atoms with van der Waals surface area (Å²) >= 11 is 0. The van der Waals surface area contributed by atoms with Crippen molar-refractivity contribution in [2.45, 2.75) is 51.7 Å². The second kappa shape index (κ2) is 7.41. The van der Waals surface area contributed by atoms with E-state index in [1.807, 2.05) is 24.8 Å². The summed E-state index contributed by atoms with van der Waals surface area (Å²) < 4.78 is 0. The molecule has 7 heteroatoms. The highest BCUT2D eigenvalue weighted by molar-refractivity contribution is 5.84. The van der Waals surface area contributed by atoms with Gasteiger partial charge in [-0.05, 0) is 44.9 Å². The van der Waals surface area contributed by atoms with Crippen molar-refractivity contribution >= 4 is 17.6 Å². The summed E-state index contributed by atoms with van der Waals surface area (Å²) in [7, 11) is 0. The number of likely N-dealkylation sites (tertiary alicyclic amines) is 1. The van der Waals surface area contributed by atoms with Gasteiger partial charge in [0.2, 0.25) is 11.8 Å². The van der Waals surface area contributed by atoms with Crippen LogP contribution in [0.5, 0.6) is 0 Å². The van der Waals surface area contributed by atoms with Gasteiger partial charge in [0.25, 0.3) is 0 Å². The van der Waals surface area contributed by atoms with Crippen LogP contribution in [0.1, 0.15) is 37.4 Å². The first-order valence-corrected chi connectivity index (χ1v) is 7.95. The number of aryl methyl sites for hydroxylation is 1. The lowest BCUT2D eigenvalue weighted by atomic mass is 9.99. The summed E-state index contributed by atoms with van der Waals surface area (Å²) in [6, 6.07) is 2.82. The second-order valence-electron chi connectivity index (χ2n) is 6.03. The zero-order chi connectivity index (χ0) is 17.0. The third-order valence-electron chi connectivity index (χ3n) is 4.42. The molecule has 5 N–H and O–H groups in total. The van der Waals surface area contributed by atoms with Gasteiger partial charge in [-0.3, -0.25) is 14.5 Å². The maximum absolute atomic E-state index is 12.4. The number of nitrogens with zero attached hydrogens (tertiary/aromatic N) is 2. The second-order valence-corrected chi connectivity index (χ2v) is 6.03. The fourth-order valence-corrected chi connectivity index (χ4v) is 3.00. The molecule has 126 valence electrons. The number of hydrogen-bond donors (Lipinski definition) is 3. The third kappa shape index (κ3) is 4.19. The van der Waals surface area contributed by atoms with Crippen LogP contribution in [-0.2, 0) is 16.1 Å². The van der Waals surface area contributed by atoms with Crippen LogP contribution >= 0.6 is 0 Å². The number of hydrogen-bond acceptors (Lipinski definition) is 5. The number of carbonyl (C=O) groups is 2. The Hall–Kier alpha value is -2.15. The van der Waals surface area contributed by atoms with Crippen LogP contribution in [0.25, 0.3) is 0 Å². The molecule has 1 saturated heterocycles. The van der Waals surface area contributed by atoms with Gasteiger partial charge in [-0.25, -0.2) is 4.98 Å². The predicted octanol–water partition coefficient (Wildman–Crippen LogP) is 0.317. The van der Waals surface area contributed by atoms with Gasteiger partial charge in [-0.2, -0.15) is 0 Å². The Kier molecular flexibility index (Phi) is 5.54. The molecule has 2 atom stereocenters. The van der Waals surface area contributed by atoms with Crippen LogP contribution in [0, 0.1) is 6.92 Å². The quantitative estimate of drug-likeness (QED) is 0.723. The summed E-state index contributed by atoms with van der Waals surface area (Å²) in [6.45, 7) is 4.77. The van der Waals surface area contributed by atoms with Gasteiger partial charge in [0, 0.05) is 12.2 Å². The number of nitrogen functional groups attached to an aromatic ring is 1. The lowest BCUT2D eigenvalue weighted by molar-refractivity contribution is -0.132. The number of piperidine rings is 1. The maximum Gasteiger partial charge on any atom is 0.237 e. The monoisotopic (exact) mass is 319 g/mol. The summed E-state index contributed by atoms with van der Waals surface area (Å²) in [4.78, 5) is 30.1. The van der Waals surface area contributed by atoms with Crippen molar-refractivity contribution in [1.29, 1.82) is 0 Å². The van der Waals surface area contributed by atoms with Gasteiger partial charge in [-0.15, -0.1) is 0 Å². The third-order valence-corrected chi connectivity index (χ3v) is 4.42. The molecule has 1 aliphatic rings. The minimum Gasteiger partial charge on any atom is -0.384 e. The van der Waals surface area contributed by atoms with Crippen molar-refractivity contribution in [2.24, 2.45) is 5.73 Å². The minimum atomic E-state index is -0.394. The first-order valence-electron chi connectivity index (χ1n) is 7.95. The summed E-state index contributed by atoms with van der Waals surface area (Å²) in [5.74, 6) is -0.0131. The fraction of sp³-hybridized carbons (Fsp3) is 0.562. The topological polar surface area (TPSA) is 114 Å². The normalized spacial score (nSPS) is 20.0. The van der Waals surface area contributed by atoms with Crippen molar-refractivity contribution in [3.63, 3.8) is 0 Å². The molecule has 0 saturated carbocycles. The van der Waals surface area contributed by atoms with Crippen LogP contribution in [0.15, 0.2) is 12.1 Å². The minimum absolute atomic E-state index is 0.116. The highest BCUT2D eigenvalue weighted by Gasteiger charge is 2.33. The van der Waals surface area contributed by atoms with E-state index >= 15 is 0 Å². The smallest absolute Gasteiger partial charge is 0.237 e. The Morgan fingerprint density at radius 2 is 2.17 bits per heavy atom. The average Bonchev–Trinajstić information content (AvgIpc) is 2.53. The van der Waals surface area contributed by atoms with E-state index in [1.165, 1.54) is 0 Å². The number of carbonyl (C=O) groups excluding carboxylic acids is 2. The van der Waals surface area contributed by atoms with Gasteiger partial charge in [0.1, 0.15) is 5.82 Å². The Balaban J connectivity index is 1.97. The number of rotatable bonds is 5. The van der Waals surface area contributed by atoms with Crippen LogP contribution in [0.4, 0.5) is 5.82 Å². The number of primary amides is 1. The Morgan fingerprint density at radius 3 is 2.83 bits per heavy atom. The van der Waals surface area contributed by atoms with Gasteiger partial charge in [-0.1, -0.05) is 12.5 Å². The van der Waals surface area contributed by atoms with E-state index in [-0.39, 0.29) is 17.9 Å². The molecule has 0 aromatic carbocycles. The SMILES string of the molecule is Cc1nc(N)ccc1CNC(=O)[C@H](C)N1CCCCC1C(N)=O. The fourth-order valence-electron chi connectivity index (χ4n) is 3.00. The first-order chi connectivity index (χ1) is 10.9. The molecule has 1 fully saturated rings. The molecule has 2 amide bonds. The van der Waals surface area contributed by atoms with Crippen LogP contribution in [0.3, 0.4) is 0 Å². The predicted molar refractivity (Wildman–Crippen MR) is 88.2 cm³/mol.